The number of rotatable bonds is 4. The maximum atomic E-state index is 11.5. The maximum absolute atomic E-state index is 11.5. The number of nitrogens with one attached hydrogen (secondary N) is 1. The second-order valence-corrected chi connectivity index (χ2v) is 5.14. The molecule has 3 nitrogen and oxygen atoms in total. The van der Waals surface area contributed by atoms with Crippen LogP contribution in [0.15, 0.2) is 0 Å². The molecule has 0 unspecified atom stereocenters. The average Bonchev–Trinajstić information content (AvgIpc) is 2.19. The van der Waals surface area contributed by atoms with Crippen molar-refractivity contribution in [1.29, 1.82) is 0 Å². The van der Waals surface area contributed by atoms with Crippen LogP contribution in [0.5, 0.6) is 0 Å². The van der Waals surface area contributed by atoms with Gasteiger partial charge >= 0.3 is 0 Å². The minimum absolute atomic E-state index is 0.0201. The molecule has 0 bridgehead atoms. The molecule has 1 saturated heterocycles. The van der Waals surface area contributed by atoms with Gasteiger partial charge in [-0.25, -0.2) is 0 Å². The van der Waals surface area contributed by atoms with Crippen molar-refractivity contribution < 1.29 is 9.90 Å². The lowest BCUT2D eigenvalue weighted by Crippen LogP contribution is -2.36. The van der Waals surface area contributed by atoms with Gasteiger partial charge < -0.3 is 10.4 Å². The molecule has 82 valence electrons. The highest BCUT2D eigenvalue weighted by Gasteiger charge is 2.17. The molecular weight excluding hydrogens is 198 g/mol. The number of thioether (sulfide) groups is 1. The lowest BCUT2D eigenvalue weighted by atomic mass is 9.98. The Kier molecular flexibility index (Phi) is 5.33. The van der Waals surface area contributed by atoms with E-state index in [1.807, 2.05) is 18.7 Å². The zero-order valence-electron chi connectivity index (χ0n) is 8.66. The van der Waals surface area contributed by atoms with E-state index in [1.54, 1.807) is 0 Å². The molecule has 1 atom stereocenters. The molecule has 0 radical (unpaired) electrons. The first-order valence-electron chi connectivity index (χ1n) is 5.20. The van der Waals surface area contributed by atoms with E-state index in [0.717, 1.165) is 12.8 Å². The van der Waals surface area contributed by atoms with E-state index in [2.05, 4.69) is 5.32 Å². The fourth-order valence-corrected chi connectivity index (χ4v) is 2.80. The Morgan fingerprint density at radius 2 is 2.21 bits per heavy atom. The summed E-state index contributed by atoms with van der Waals surface area (Å²) in [5.41, 5.74) is 0. The van der Waals surface area contributed by atoms with Crippen LogP contribution in [0.3, 0.4) is 0 Å². The molecule has 1 rings (SSSR count). The van der Waals surface area contributed by atoms with E-state index >= 15 is 0 Å². The van der Waals surface area contributed by atoms with Crippen LogP contribution in [-0.4, -0.2) is 35.2 Å². The molecule has 0 spiro atoms. The van der Waals surface area contributed by atoms with E-state index in [1.165, 1.54) is 11.5 Å². The molecule has 0 aromatic carbocycles. The highest BCUT2D eigenvalue weighted by Crippen LogP contribution is 2.24. The summed E-state index contributed by atoms with van der Waals surface area (Å²) in [5.74, 6) is 3.02. The van der Waals surface area contributed by atoms with Gasteiger partial charge in [0.25, 0.3) is 0 Å². The molecular formula is C10H19NO2S. The molecule has 1 aliphatic heterocycles. The monoisotopic (exact) mass is 217 g/mol. The van der Waals surface area contributed by atoms with Gasteiger partial charge in [-0.05, 0) is 37.2 Å². The molecule has 1 heterocycles. The maximum Gasteiger partial charge on any atom is 0.220 e. The highest BCUT2D eigenvalue weighted by atomic mass is 32.2. The number of hydrogen-bond donors (Lipinski definition) is 2. The van der Waals surface area contributed by atoms with Crippen molar-refractivity contribution >= 4 is 17.7 Å². The van der Waals surface area contributed by atoms with Gasteiger partial charge in [-0.3, -0.25) is 4.79 Å². The summed E-state index contributed by atoms with van der Waals surface area (Å²) in [4.78, 5) is 11.5. The molecule has 1 aliphatic rings. The number of aliphatic hydroxyl groups excluding tert-OH is 1. The summed E-state index contributed by atoms with van der Waals surface area (Å²) in [6.07, 6.45) is 2.95. The summed E-state index contributed by atoms with van der Waals surface area (Å²) >= 11 is 1.97. The van der Waals surface area contributed by atoms with Gasteiger partial charge in [0.2, 0.25) is 5.91 Å². The largest absolute Gasteiger partial charge is 0.394 e. The normalized spacial score (nSPS) is 20.4. The van der Waals surface area contributed by atoms with Crippen LogP contribution in [0.25, 0.3) is 0 Å². The fraction of sp³-hybridized carbons (Fsp3) is 0.900. The number of hydrogen-bond acceptors (Lipinski definition) is 3. The Morgan fingerprint density at radius 1 is 1.57 bits per heavy atom. The van der Waals surface area contributed by atoms with Crippen LogP contribution >= 0.6 is 11.8 Å². The van der Waals surface area contributed by atoms with Crippen molar-refractivity contribution in [3.63, 3.8) is 0 Å². The minimum atomic E-state index is -0.111. The van der Waals surface area contributed by atoms with E-state index in [4.69, 9.17) is 5.11 Å². The van der Waals surface area contributed by atoms with E-state index in [0.29, 0.717) is 12.3 Å². The van der Waals surface area contributed by atoms with Crippen LogP contribution < -0.4 is 5.32 Å². The summed E-state index contributed by atoms with van der Waals surface area (Å²) in [5, 5.41) is 11.6. The third kappa shape index (κ3) is 4.33. The standard InChI is InChI=1S/C10H19NO2S/c1-8(7-12)11-10(13)6-9-2-4-14-5-3-9/h8-9,12H,2-7H2,1H3,(H,11,13)/t8-/m1/s1. The van der Waals surface area contributed by atoms with Crippen molar-refractivity contribution in [3.8, 4) is 0 Å². The Hall–Kier alpha value is -0.220. The molecule has 2 N–H and O–H groups in total. The number of carbonyl (C=O) groups is 1. The van der Waals surface area contributed by atoms with Gasteiger partial charge in [-0.1, -0.05) is 0 Å². The van der Waals surface area contributed by atoms with E-state index in [-0.39, 0.29) is 18.6 Å². The molecule has 0 aromatic rings. The summed E-state index contributed by atoms with van der Waals surface area (Å²) in [6.45, 7) is 1.83. The number of aliphatic hydroxyl groups is 1. The Labute approximate surface area is 89.6 Å². The van der Waals surface area contributed by atoms with Gasteiger partial charge in [0.15, 0.2) is 0 Å². The first-order chi connectivity index (χ1) is 6.72. The SMILES string of the molecule is C[C@H](CO)NC(=O)CC1CCSCC1. The topological polar surface area (TPSA) is 49.3 Å². The number of amides is 1. The Morgan fingerprint density at radius 3 is 2.79 bits per heavy atom. The molecule has 0 aliphatic carbocycles. The third-order valence-electron chi connectivity index (χ3n) is 2.50. The van der Waals surface area contributed by atoms with E-state index < -0.39 is 0 Å². The predicted molar refractivity (Wildman–Crippen MR) is 59.4 cm³/mol. The predicted octanol–water partition coefficient (Wildman–Crippen LogP) is 1.02. The van der Waals surface area contributed by atoms with Crippen molar-refractivity contribution in [2.75, 3.05) is 18.1 Å². The quantitative estimate of drug-likeness (QED) is 0.739. The van der Waals surface area contributed by atoms with Crippen molar-refractivity contribution in [3.05, 3.63) is 0 Å². The molecule has 1 fully saturated rings. The van der Waals surface area contributed by atoms with Gasteiger partial charge in [-0.15, -0.1) is 0 Å². The summed E-state index contributed by atoms with van der Waals surface area (Å²) < 4.78 is 0. The fourth-order valence-electron chi connectivity index (χ4n) is 1.59. The van der Waals surface area contributed by atoms with Crippen LogP contribution in [0, 0.1) is 5.92 Å². The van der Waals surface area contributed by atoms with E-state index in [9.17, 15) is 4.79 Å². The van der Waals surface area contributed by atoms with Crippen LogP contribution in [0.4, 0.5) is 0 Å². The first-order valence-corrected chi connectivity index (χ1v) is 6.35. The molecule has 4 heteroatoms. The minimum Gasteiger partial charge on any atom is -0.394 e. The lowest BCUT2D eigenvalue weighted by molar-refractivity contribution is -0.122. The third-order valence-corrected chi connectivity index (χ3v) is 3.54. The number of carbonyl (C=O) groups excluding carboxylic acids is 1. The van der Waals surface area contributed by atoms with Crippen LogP contribution in [0.1, 0.15) is 26.2 Å². The van der Waals surface area contributed by atoms with Crippen molar-refractivity contribution in [2.45, 2.75) is 32.2 Å². The average molecular weight is 217 g/mol. The van der Waals surface area contributed by atoms with Crippen molar-refractivity contribution in [1.82, 2.24) is 5.32 Å². The summed E-state index contributed by atoms with van der Waals surface area (Å²) in [7, 11) is 0. The first kappa shape index (κ1) is 11.9. The molecule has 14 heavy (non-hydrogen) atoms. The lowest BCUT2D eigenvalue weighted by Gasteiger charge is -2.21. The Bertz CT molecular complexity index is 181. The van der Waals surface area contributed by atoms with Crippen LogP contribution in [-0.2, 0) is 4.79 Å². The van der Waals surface area contributed by atoms with Gasteiger partial charge in [0.1, 0.15) is 0 Å². The van der Waals surface area contributed by atoms with Crippen LogP contribution in [0.2, 0.25) is 0 Å². The van der Waals surface area contributed by atoms with Gasteiger partial charge in [0.05, 0.1) is 6.61 Å². The zero-order valence-corrected chi connectivity index (χ0v) is 9.48. The smallest absolute Gasteiger partial charge is 0.220 e. The second-order valence-electron chi connectivity index (χ2n) is 3.91. The molecule has 1 amide bonds. The zero-order chi connectivity index (χ0) is 10.4. The second kappa shape index (κ2) is 6.30. The summed E-state index contributed by atoms with van der Waals surface area (Å²) in [6, 6.07) is -0.111. The Balaban J connectivity index is 2.18. The molecule has 0 aromatic heterocycles. The van der Waals surface area contributed by atoms with Gasteiger partial charge in [-0.2, -0.15) is 11.8 Å². The highest BCUT2D eigenvalue weighted by molar-refractivity contribution is 7.99. The molecule has 0 saturated carbocycles. The van der Waals surface area contributed by atoms with Crippen molar-refractivity contribution in [2.24, 2.45) is 5.92 Å². The van der Waals surface area contributed by atoms with Gasteiger partial charge in [0, 0.05) is 12.5 Å².